The molecule has 0 fully saturated rings. The van der Waals surface area contributed by atoms with Crippen LogP contribution in [0.3, 0.4) is 0 Å². The van der Waals surface area contributed by atoms with Gasteiger partial charge in [0.25, 0.3) is 5.78 Å². The van der Waals surface area contributed by atoms with E-state index in [4.69, 9.17) is 5.11 Å². The highest BCUT2D eigenvalue weighted by molar-refractivity contribution is 6.40. The van der Waals surface area contributed by atoms with E-state index in [9.17, 15) is 9.59 Å². The van der Waals surface area contributed by atoms with Crippen LogP contribution >= 0.6 is 0 Å². The predicted molar refractivity (Wildman–Crippen MR) is 52.6 cm³/mol. The number of aryl methyl sites for hydroxylation is 2. The average Bonchev–Trinajstić information content (AvgIpc) is 2.09. The molecular formula is C11H12O3. The molecule has 1 N–H and O–H groups in total. The standard InChI is InChI=1S/C11H12O3/c1-6-4-7(2)8(3)9(5-6)10(12)11(13)14/h4-5H,1-3H3,(H,13,14). The summed E-state index contributed by atoms with van der Waals surface area (Å²) in [5.74, 6) is -2.24. The van der Waals surface area contributed by atoms with Gasteiger partial charge < -0.3 is 5.11 Å². The zero-order valence-electron chi connectivity index (χ0n) is 8.42. The molecule has 74 valence electrons. The Balaban J connectivity index is 3.34. The van der Waals surface area contributed by atoms with Crippen molar-refractivity contribution in [1.82, 2.24) is 0 Å². The molecule has 1 rings (SSSR count). The molecule has 0 saturated carbocycles. The Bertz CT molecular complexity index is 405. The summed E-state index contributed by atoms with van der Waals surface area (Å²) in [7, 11) is 0. The van der Waals surface area contributed by atoms with Gasteiger partial charge >= 0.3 is 5.97 Å². The van der Waals surface area contributed by atoms with E-state index in [0.29, 0.717) is 0 Å². The summed E-state index contributed by atoms with van der Waals surface area (Å²) in [4.78, 5) is 21.8. The van der Waals surface area contributed by atoms with Crippen LogP contribution in [-0.2, 0) is 4.79 Å². The van der Waals surface area contributed by atoms with E-state index in [1.165, 1.54) is 0 Å². The Hall–Kier alpha value is -1.64. The Morgan fingerprint density at radius 1 is 1.14 bits per heavy atom. The van der Waals surface area contributed by atoms with Gasteiger partial charge in [-0.05, 0) is 38.0 Å². The first-order valence-electron chi connectivity index (χ1n) is 4.29. The second-order valence-corrected chi connectivity index (χ2v) is 3.39. The maximum atomic E-state index is 11.3. The fourth-order valence-corrected chi connectivity index (χ4v) is 1.39. The lowest BCUT2D eigenvalue weighted by Gasteiger charge is -2.06. The minimum absolute atomic E-state index is 0.287. The lowest BCUT2D eigenvalue weighted by molar-refractivity contribution is -0.131. The van der Waals surface area contributed by atoms with Crippen LogP contribution in [0.1, 0.15) is 27.0 Å². The van der Waals surface area contributed by atoms with Crippen molar-refractivity contribution in [3.05, 3.63) is 34.4 Å². The van der Waals surface area contributed by atoms with Crippen LogP contribution in [0.5, 0.6) is 0 Å². The lowest BCUT2D eigenvalue weighted by atomic mass is 9.97. The molecular weight excluding hydrogens is 180 g/mol. The minimum atomic E-state index is -1.40. The number of carbonyl (C=O) groups excluding carboxylic acids is 1. The normalized spacial score (nSPS) is 9.93. The van der Waals surface area contributed by atoms with Crippen molar-refractivity contribution in [2.45, 2.75) is 20.8 Å². The Morgan fingerprint density at radius 2 is 1.71 bits per heavy atom. The maximum absolute atomic E-state index is 11.3. The molecule has 0 aliphatic rings. The van der Waals surface area contributed by atoms with Crippen molar-refractivity contribution in [1.29, 1.82) is 0 Å². The van der Waals surface area contributed by atoms with Crippen LogP contribution in [0.4, 0.5) is 0 Å². The highest BCUT2D eigenvalue weighted by atomic mass is 16.4. The number of Topliss-reactive ketones (excluding diaryl/α,β-unsaturated/α-hetero) is 1. The van der Waals surface area contributed by atoms with E-state index in [1.54, 1.807) is 13.0 Å². The number of ketones is 1. The molecule has 1 aromatic rings. The quantitative estimate of drug-likeness (QED) is 0.575. The molecule has 0 heterocycles. The molecule has 0 saturated heterocycles. The minimum Gasteiger partial charge on any atom is -0.475 e. The van der Waals surface area contributed by atoms with Gasteiger partial charge in [-0.25, -0.2) is 4.79 Å². The summed E-state index contributed by atoms with van der Waals surface area (Å²) in [6.45, 7) is 5.46. The van der Waals surface area contributed by atoms with Crippen molar-refractivity contribution in [3.8, 4) is 0 Å². The second-order valence-electron chi connectivity index (χ2n) is 3.39. The zero-order valence-corrected chi connectivity index (χ0v) is 8.42. The monoisotopic (exact) mass is 192 g/mol. The fraction of sp³-hybridized carbons (Fsp3) is 0.273. The van der Waals surface area contributed by atoms with E-state index in [0.717, 1.165) is 16.7 Å². The average molecular weight is 192 g/mol. The van der Waals surface area contributed by atoms with Gasteiger partial charge in [0.1, 0.15) is 0 Å². The molecule has 0 bridgehead atoms. The highest BCUT2D eigenvalue weighted by Gasteiger charge is 2.17. The SMILES string of the molecule is Cc1cc(C)c(C)c(C(=O)C(=O)O)c1. The van der Waals surface area contributed by atoms with Gasteiger partial charge in [-0.1, -0.05) is 11.6 Å². The molecule has 0 unspecified atom stereocenters. The third-order valence-electron chi connectivity index (χ3n) is 2.25. The van der Waals surface area contributed by atoms with Crippen LogP contribution in [0.2, 0.25) is 0 Å². The first-order chi connectivity index (χ1) is 6.43. The first-order valence-corrected chi connectivity index (χ1v) is 4.29. The summed E-state index contributed by atoms with van der Waals surface area (Å²) < 4.78 is 0. The first kappa shape index (κ1) is 10.4. The summed E-state index contributed by atoms with van der Waals surface area (Å²) in [5, 5.41) is 8.59. The van der Waals surface area contributed by atoms with Crippen LogP contribution < -0.4 is 0 Å². The van der Waals surface area contributed by atoms with Gasteiger partial charge in [-0.15, -0.1) is 0 Å². The zero-order chi connectivity index (χ0) is 10.9. The molecule has 0 aromatic heterocycles. The topological polar surface area (TPSA) is 54.4 Å². The van der Waals surface area contributed by atoms with Crippen molar-refractivity contribution in [3.63, 3.8) is 0 Å². The van der Waals surface area contributed by atoms with Gasteiger partial charge in [0.15, 0.2) is 0 Å². The van der Waals surface area contributed by atoms with Crippen molar-refractivity contribution >= 4 is 11.8 Å². The number of rotatable bonds is 2. The number of hydrogen-bond acceptors (Lipinski definition) is 2. The summed E-state index contributed by atoms with van der Waals surface area (Å²) in [5.41, 5.74) is 2.87. The molecule has 0 aliphatic carbocycles. The number of carbonyl (C=O) groups is 2. The second kappa shape index (κ2) is 3.62. The Kier molecular flexibility index (Phi) is 2.70. The number of benzene rings is 1. The molecule has 3 nitrogen and oxygen atoms in total. The molecule has 0 aliphatic heterocycles. The van der Waals surface area contributed by atoms with Crippen molar-refractivity contribution in [2.75, 3.05) is 0 Å². The van der Waals surface area contributed by atoms with Crippen LogP contribution in [0, 0.1) is 20.8 Å². The largest absolute Gasteiger partial charge is 0.475 e. The van der Waals surface area contributed by atoms with E-state index < -0.39 is 11.8 Å². The summed E-state index contributed by atoms with van der Waals surface area (Å²) >= 11 is 0. The summed E-state index contributed by atoms with van der Waals surface area (Å²) in [6, 6.07) is 3.53. The van der Waals surface area contributed by atoms with E-state index in [1.807, 2.05) is 19.9 Å². The maximum Gasteiger partial charge on any atom is 0.377 e. The van der Waals surface area contributed by atoms with Crippen molar-refractivity contribution in [2.24, 2.45) is 0 Å². The Morgan fingerprint density at radius 3 is 2.21 bits per heavy atom. The third kappa shape index (κ3) is 1.82. The molecule has 0 radical (unpaired) electrons. The van der Waals surface area contributed by atoms with Gasteiger partial charge in [0, 0.05) is 5.56 Å². The predicted octanol–water partition coefficient (Wildman–Crippen LogP) is 1.88. The van der Waals surface area contributed by atoms with Gasteiger partial charge in [-0.3, -0.25) is 4.79 Å². The number of carboxylic acid groups (broad SMARTS) is 1. The van der Waals surface area contributed by atoms with Crippen LogP contribution in [0.15, 0.2) is 12.1 Å². The molecule has 0 amide bonds. The molecule has 0 atom stereocenters. The smallest absolute Gasteiger partial charge is 0.377 e. The van der Waals surface area contributed by atoms with Crippen LogP contribution in [0.25, 0.3) is 0 Å². The van der Waals surface area contributed by atoms with E-state index >= 15 is 0 Å². The van der Waals surface area contributed by atoms with Gasteiger partial charge in [0.05, 0.1) is 0 Å². The fourth-order valence-electron chi connectivity index (χ4n) is 1.39. The molecule has 3 heteroatoms. The van der Waals surface area contributed by atoms with E-state index in [2.05, 4.69) is 0 Å². The summed E-state index contributed by atoms with van der Waals surface area (Å²) in [6.07, 6.45) is 0. The third-order valence-corrected chi connectivity index (χ3v) is 2.25. The molecule has 1 aromatic carbocycles. The van der Waals surface area contributed by atoms with Crippen LogP contribution in [-0.4, -0.2) is 16.9 Å². The van der Waals surface area contributed by atoms with E-state index in [-0.39, 0.29) is 5.56 Å². The van der Waals surface area contributed by atoms with Gasteiger partial charge in [-0.2, -0.15) is 0 Å². The molecule has 14 heavy (non-hydrogen) atoms. The van der Waals surface area contributed by atoms with Gasteiger partial charge in [0.2, 0.25) is 0 Å². The Labute approximate surface area is 82.4 Å². The molecule has 0 spiro atoms. The lowest BCUT2D eigenvalue weighted by Crippen LogP contribution is -2.14. The highest BCUT2D eigenvalue weighted by Crippen LogP contribution is 2.16. The van der Waals surface area contributed by atoms with Crippen molar-refractivity contribution < 1.29 is 14.7 Å². The number of carboxylic acids is 1. The number of aliphatic carboxylic acids is 1. The number of hydrogen-bond donors (Lipinski definition) is 1.